The molecule has 1 aromatic rings. The predicted molar refractivity (Wildman–Crippen MR) is 87.8 cm³/mol. The van der Waals surface area contributed by atoms with Crippen molar-refractivity contribution >= 4 is 17.3 Å². The van der Waals surface area contributed by atoms with Gasteiger partial charge >= 0.3 is 0 Å². The van der Waals surface area contributed by atoms with Crippen molar-refractivity contribution in [2.45, 2.75) is 26.3 Å². The number of halogens is 1. The van der Waals surface area contributed by atoms with Gasteiger partial charge < -0.3 is 15.1 Å². The van der Waals surface area contributed by atoms with Crippen LogP contribution in [0.4, 0.5) is 5.69 Å². The monoisotopic (exact) mass is 295 g/mol. The fourth-order valence-corrected chi connectivity index (χ4v) is 2.83. The van der Waals surface area contributed by atoms with Crippen LogP contribution in [0.1, 0.15) is 25.3 Å². The quantitative estimate of drug-likeness (QED) is 0.843. The average Bonchev–Trinajstić information content (AvgIpc) is 2.65. The third-order valence-electron chi connectivity index (χ3n) is 3.85. The fraction of sp³-hybridized carbons (Fsp3) is 0.625. The first-order valence-corrected chi connectivity index (χ1v) is 8.01. The Kier molecular flexibility index (Phi) is 6.14. The number of rotatable bonds is 5. The molecule has 1 fully saturated rings. The molecule has 1 aliphatic heterocycles. The molecular weight excluding hydrogens is 270 g/mol. The minimum Gasteiger partial charge on any atom is -0.370 e. The maximum atomic E-state index is 6.21. The Balaban J connectivity index is 2.13. The van der Waals surface area contributed by atoms with E-state index in [1.165, 1.54) is 24.2 Å². The second kappa shape index (κ2) is 7.87. The highest BCUT2D eigenvalue weighted by atomic mass is 35.5. The molecule has 0 saturated carbocycles. The molecule has 1 heterocycles. The molecule has 0 amide bonds. The molecule has 1 N–H and O–H groups in total. The number of hydrogen-bond donors (Lipinski definition) is 1. The number of likely N-dealkylation sites (N-methyl/N-ethyl adjacent to an activating group) is 1. The molecule has 20 heavy (non-hydrogen) atoms. The Morgan fingerprint density at radius 1 is 1.20 bits per heavy atom. The van der Waals surface area contributed by atoms with Gasteiger partial charge in [-0.3, -0.25) is 0 Å². The van der Waals surface area contributed by atoms with Gasteiger partial charge in [0.25, 0.3) is 0 Å². The van der Waals surface area contributed by atoms with Gasteiger partial charge in [-0.25, -0.2) is 0 Å². The first-order valence-electron chi connectivity index (χ1n) is 7.63. The molecule has 1 saturated heterocycles. The van der Waals surface area contributed by atoms with E-state index in [0.29, 0.717) is 0 Å². The van der Waals surface area contributed by atoms with Crippen LogP contribution >= 0.6 is 11.6 Å². The summed E-state index contributed by atoms with van der Waals surface area (Å²) in [5, 5.41) is 4.32. The molecule has 3 nitrogen and oxygen atoms in total. The van der Waals surface area contributed by atoms with Crippen molar-refractivity contribution in [1.82, 2.24) is 10.2 Å². The van der Waals surface area contributed by atoms with Gasteiger partial charge in [-0.15, -0.1) is 0 Å². The third kappa shape index (κ3) is 4.37. The molecular formula is C16H26ClN3. The molecule has 0 atom stereocenters. The van der Waals surface area contributed by atoms with Crippen LogP contribution in [0.5, 0.6) is 0 Å². The molecule has 2 rings (SSSR count). The van der Waals surface area contributed by atoms with Crippen molar-refractivity contribution in [2.75, 3.05) is 44.7 Å². The summed E-state index contributed by atoms with van der Waals surface area (Å²) in [5.74, 6) is 0. The first kappa shape index (κ1) is 15.6. The second-order valence-electron chi connectivity index (χ2n) is 5.59. The van der Waals surface area contributed by atoms with Crippen molar-refractivity contribution in [1.29, 1.82) is 0 Å². The highest BCUT2D eigenvalue weighted by molar-refractivity contribution is 6.30. The molecule has 1 aliphatic rings. The van der Waals surface area contributed by atoms with E-state index in [1.807, 2.05) is 6.07 Å². The Hall–Kier alpha value is -0.770. The van der Waals surface area contributed by atoms with Crippen LogP contribution in [-0.2, 0) is 6.54 Å². The van der Waals surface area contributed by atoms with Gasteiger partial charge in [-0.1, -0.05) is 24.6 Å². The van der Waals surface area contributed by atoms with E-state index in [-0.39, 0.29) is 0 Å². The third-order valence-corrected chi connectivity index (χ3v) is 4.08. The Morgan fingerprint density at radius 3 is 2.85 bits per heavy atom. The van der Waals surface area contributed by atoms with Gasteiger partial charge in [0.15, 0.2) is 0 Å². The van der Waals surface area contributed by atoms with E-state index in [2.05, 4.69) is 41.2 Å². The SMILES string of the molecule is CCCNCc1ccc(Cl)cc1N1CCCN(C)CC1. The summed E-state index contributed by atoms with van der Waals surface area (Å²) in [6.45, 7) is 8.68. The van der Waals surface area contributed by atoms with Crippen LogP contribution in [0.25, 0.3) is 0 Å². The van der Waals surface area contributed by atoms with Gasteiger partial charge in [-0.05, 0) is 50.7 Å². The smallest absolute Gasteiger partial charge is 0.0427 e. The average molecular weight is 296 g/mol. The van der Waals surface area contributed by atoms with Crippen LogP contribution in [0, 0.1) is 0 Å². The topological polar surface area (TPSA) is 18.5 Å². The van der Waals surface area contributed by atoms with E-state index in [4.69, 9.17) is 11.6 Å². The Bertz CT molecular complexity index is 422. The van der Waals surface area contributed by atoms with Gasteiger partial charge in [0, 0.05) is 36.9 Å². The van der Waals surface area contributed by atoms with Crippen molar-refractivity contribution in [3.63, 3.8) is 0 Å². The van der Waals surface area contributed by atoms with Gasteiger partial charge in [-0.2, -0.15) is 0 Å². The maximum absolute atomic E-state index is 6.21. The predicted octanol–water partition coefficient (Wildman–Crippen LogP) is 2.98. The van der Waals surface area contributed by atoms with Crippen LogP contribution in [-0.4, -0.2) is 44.7 Å². The summed E-state index contributed by atoms with van der Waals surface area (Å²) in [7, 11) is 2.20. The molecule has 0 radical (unpaired) electrons. The van der Waals surface area contributed by atoms with E-state index < -0.39 is 0 Å². The van der Waals surface area contributed by atoms with Crippen molar-refractivity contribution in [3.05, 3.63) is 28.8 Å². The van der Waals surface area contributed by atoms with Crippen LogP contribution in [0.3, 0.4) is 0 Å². The van der Waals surface area contributed by atoms with Crippen LogP contribution < -0.4 is 10.2 Å². The fourth-order valence-electron chi connectivity index (χ4n) is 2.67. The van der Waals surface area contributed by atoms with E-state index in [9.17, 15) is 0 Å². The Labute approximate surface area is 127 Å². The number of anilines is 1. The molecule has 4 heteroatoms. The number of nitrogens with zero attached hydrogens (tertiary/aromatic N) is 2. The summed E-state index contributed by atoms with van der Waals surface area (Å²) in [6, 6.07) is 6.28. The van der Waals surface area contributed by atoms with Crippen molar-refractivity contribution < 1.29 is 0 Å². The number of nitrogens with one attached hydrogen (secondary N) is 1. The zero-order valence-corrected chi connectivity index (χ0v) is 13.4. The lowest BCUT2D eigenvalue weighted by atomic mass is 10.1. The molecule has 0 bridgehead atoms. The van der Waals surface area contributed by atoms with E-state index in [1.54, 1.807) is 0 Å². The maximum Gasteiger partial charge on any atom is 0.0427 e. The minimum absolute atomic E-state index is 0.830. The molecule has 112 valence electrons. The summed E-state index contributed by atoms with van der Waals surface area (Å²) in [4.78, 5) is 4.89. The lowest BCUT2D eigenvalue weighted by Gasteiger charge is -2.26. The lowest BCUT2D eigenvalue weighted by Crippen LogP contribution is -2.30. The van der Waals surface area contributed by atoms with Crippen LogP contribution in [0.2, 0.25) is 5.02 Å². The number of hydrogen-bond acceptors (Lipinski definition) is 3. The van der Waals surface area contributed by atoms with Crippen molar-refractivity contribution in [2.24, 2.45) is 0 Å². The summed E-state index contributed by atoms with van der Waals surface area (Å²) in [5.41, 5.74) is 2.66. The lowest BCUT2D eigenvalue weighted by molar-refractivity contribution is 0.360. The molecule has 1 aromatic carbocycles. The molecule has 0 aliphatic carbocycles. The van der Waals surface area contributed by atoms with E-state index in [0.717, 1.165) is 44.2 Å². The molecule has 0 aromatic heterocycles. The van der Waals surface area contributed by atoms with Crippen LogP contribution in [0.15, 0.2) is 18.2 Å². The Morgan fingerprint density at radius 2 is 2.05 bits per heavy atom. The zero-order valence-electron chi connectivity index (χ0n) is 12.7. The van der Waals surface area contributed by atoms with Gasteiger partial charge in [0.05, 0.1) is 0 Å². The summed E-state index contributed by atoms with van der Waals surface area (Å²) >= 11 is 6.21. The van der Waals surface area contributed by atoms with E-state index >= 15 is 0 Å². The minimum atomic E-state index is 0.830. The highest BCUT2D eigenvalue weighted by Gasteiger charge is 2.15. The normalized spacial score (nSPS) is 17.2. The van der Waals surface area contributed by atoms with Gasteiger partial charge in [0.2, 0.25) is 0 Å². The van der Waals surface area contributed by atoms with Crippen molar-refractivity contribution in [3.8, 4) is 0 Å². The second-order valence-corrected chi connectivity index (χ2v) is 6.03. The molecule has 0 spiro atoms. The molecule has 0 unspecified atom stereocenters. The van der Waals surface area contributed by atoms with Gasteiger partial charge in [0.1, 0.15) is 0 Å². The number of benzene rings is 1. The largest absolute Gasteiger partial charge is 0.370 e. The standard InChI is InChI=1S/C16H26ClN3/c1-3-7-18-13-14-5-6-15(17)12-16(14)20-9-4-8-19(2)10-11-20/h5-6,12,18H,3-4,7-11,13H2,1-2H3. The summed E-state index contributed by atoms with van der Waals surface area (Å²) in [6.07, 6.45) is 2.38. The highest BCUT2D eigenvalue weighted by Crippen LogP contribution is 2.26. The zero-order chi connectivity index (χ0) is 14.4. The first-order chi connectivity index (χ1) is 9.70. The summed E-state index contributed by atoms with van der Waals surface area (Å²) < 4.78 is 0.